The molecule has 2 amide bonds. The summed E-state index contributed by atoms with van der Waals surface area (Å²) in [5, 5.41) is 5.90. The highest BCUT2D eigenvalue weighted by atomic mass is 32.1. The van der Waals surface area contributed by atoms with Gasteiger partial charge < -0.3 is 4.90 Å². The highest BCUT2D eigenvalue weighted by molar-refractivity contribution is 7.80. The maximum absolute atomic E-state index is 12.4. The van der Waals surface area contributed by atoms with Crippen LogP contribution in [0, 0.1) is 0 Å². The normalized spacial score (nSPS) is 24.0. The average Bonchev–Trinajstić information content (AvgIpc) is 3.44. The predicted octanol–water partition coefficient (Wildman–Crippen LogP) is 3.77. The molecule has 0 bridgehead atoms. The van der Waals surface area contributed by atoms with Gasteiger partial charge in [-0.1, -0.05) is 24.3 Å². The molecule has 8 heteroatoms. The smallest absolute Gasteiger partial charge is 0.243 e. The SMILES string of the molecule is O=C1CCC(N2Cc3cc(CN4CCN(c5cccc6sccc56)CC4)ccc3C2S)C(=O)N1. The van der Waals surface area contributed by atoms with Crippen LogP contribution >= 0.6 is 24.0 Å². The van der Waals surface area contributed by atoms with Gasteiger partial charge in [-0.25, -0.2) is 0 Å². The zero-order chi connectivity index (χ0) is 23.2. The quantitative estimate of drug-likeness (QED) is 0.429. The molecule has 3 aliphatic heterocycles. The third-order valence-corrected chi connectivity index (χ3v) is 8.81. The van der Waals surface area contributed by atoms with E-state index in [-0.39, 0.29) is 23.2 Å². The molecule has 3 aliphatic rings. The van der Waals surface area contributed by atoms with Crippen molar-refractivity contribution in [1.29, 1.82) is 0 Å². The fraction of sp³-hybridized carbons (Fsp3) is 0.385. The van der Waals surface area contributed by atoms with E-state index in [0.717, 1.165) is 32.7 Å². The Kier molecular flexibility index (Phi) is 5.85. The molecule has 34 heavy (non-hydrogen) atoms. The number of carbonyl (C=O) groups is 2. The van der Waals surface area contributed by atoms with Gasteiger partial charge in [-0.05, 0) is 46.7 Å². The highest BCUT2D eigenvalue weighted by Gasteiger charge is 2.39. The number of hydrogen-bond donors (Lipinski definition) is 2. The van der Waals surface area contributed by atoms with Crippen LogP contribution in [0.1, 0.15) is 34.9 Å². The van der Waals surface area contributed by atoms with Crippen molar-refractivity contribution in [3.63, 3.8) is 0 Å². The molecule has 1 aromatic heterocycles. The molecule has 2 saturated heterocycles. The molecule has 2 unspecified atom stereocenters. The second kappa shape index (κ2) is 9.00. The number of piperidine rings is 1. The molecule has 1 N–H and O–H groups in total. The summed E-state index contributed by atoms with van der Waals surface area (Å²) in [6.07, 6.45) is 0.952. The predicted molar refractivity (Wildman–Crippen MR) is 139 cm³/mol. The zero-order valence-electron chi connectivity index (χ0n) is 18.9. The first-order chi connectivity index (χ1) is 16.6. The minimum absolute atomic E-state index is 0.114. The van der Waals surface area contributed by atoms with E-state index in [9.17, 15) is 9.59 Å². The molecule has 4 heterocycles. The Balaban J connectivity index is 1.10. The van der Waals surface area contributed by atoms with Gasteiger partial charge in [0.2, 0.25) is 11.8 Å². The van der Waals surface area contributed by atoms with E-state index in [1.165, 1.54) is 32.5 Å². The second-order valence-corrected chi connectivity index (χ2v) is 10.9. The molecule has 176 valence electrons. The van der Waals surface area contributed by atoms with Gasteiger partial charge >= 0.3 is 0 Å². The second-order valence-electron chi connectivity index (χ2n) is 9.42. The van der Waals surface area contributed by atoms with Crippen LogP contribution in [0.4, 0.5) is 5.69 Å². The van der Waals surface area contributed by atoms with Crippen molar-refractivity contribution < 1.29 is 9.59 Å². The number of imide groups is 1. The summed E-state index contributed by atoms with van der Waals surface area (Å²) in [6, 6.07) is 15.2. The Morgan fingerprint density at radius 3 is 2.74 bits per heavy atom. The molecule has 0 aliphatic carbocycles. The van der Waals surface area contributed by atoms with Gasteiger partial charge in [0.25, 0.3) is 0 Å². The number of nitrogens with zero attached hydrogens (tertiary/aromatic N) is 3. The molecular formula is C26H28N4O2S2. The Morgan fingerprint density at radius 2 is 1.91 bits per heavy atom. The fourth-order valence-electron chi connectivity index (χ4n) is 5.55. The number of carbonyl (C=O) groups excluding carboxylic acids is 2. The molecule has 0 spiro atoms. The van der Waals surface area contributed by atoms with E-state index in [1.54, 1.807) is 11.3 Å². The average molecular weight is 493 g/mol. The molecule has 3 aromatic rings. The van der Waals surface area contributed by atoms with Gasteiger partial charge in [-0.15, -0.1) is 11.3 Å². The number of thiophene rings is 1. The summed E-state index contributed by atoms with van der Waals surface area (Å²) in [6.45, 7) is 5.76. The van der Waals surface area contributed by atoms with Crippen molar-refractivity contribution in [3.05, 3.63) is 64.5 Å². The van der Waals surface area contributed by atoms with Crippen LogP contribution in [-0.2, 0) is 22.7 Å². The van der Waals surface area contributed by atoms with E-state index in [1.807, 2.05) is 0 Å². The molecule has 2 atom stereocenters. The lowest BCUT2D eigenvalue weighted by atomic mass is 10.0. The first-order valence-electron chi connectivity index (χ1n) is 11.9. The molecule has 6 rings (SSSR count). The summed E-state index contributed by atoms with van der Waals surface area (Å²) in [4.78, 5) is 31.1. The standard InChI is InChI=1S/C26H28N4O2S2/c31-24-7-6-22(25(32)27-24)30-16-18-14-17(4-5-19(18)26(30)33)15-28-9-11-29(12-10-28)21-2-1-3-23-20(21)8-13-34-23/h1-5,8,13-14,22,26,33H,6-7,9-12,15-16H2,(H,27,31,32). The maximum atomic E-state index is 12.4. The van der Waals surface area contributed by atoms with Crippen molar-refractivity contribution in [1.82, 2.24) is 15.1 Å². The maximum Gasteiger partial charge on any atom is 0.243 e. The summed E-state index contributed by atoms with van der Waals surface area (Å²) >= 11 is 6.62. The number of hydrogen-bond acceptors (Lipinski definition) is 7. The fourth-order valence-corrected chi connectivity index (χ4v) is 6.85. The number of rotatable bonds is 4. The minimum Gasteiger partial charge on any atom is -0.368 e. The molecule has 0 radical (unpaired) electrons. The van der Waals surface area contributed by atoms with Gasteiger partial charge in [-0.2, -0.15) is 12.6 Å². The lowest BCUT2D eigenvalue weighted by molar-refractivity contribution is -0.137. The molecule has 2 aromatic carbocycles. The largest absolute Gasteiger partial charge is 0.368 e. The van der Waals surface area contributed by atoms with Crippen molar-refractivity contribution in [2.45, 2.75) is 37.3 Å². The first kappa shape index (κ1) is 22.1. The lowest BCUT2D eigenvalue weighted by Gasteiger charge is -2.36. The van der Waals surface area contributed by atoms with Gasteiger partial charge in [0.1, 0.15) is 0 Å². The van der Waals surface area contributed by atoms with Crippen molar-refractivity contribution in [2.24, 2.45) is 0 Å². The molecular weight excluding hydrogens is 464 g/mol. The zero-order valence-corrected chi connectivity index (χ0v) is 20.7. The molecule has 2 fully saturated rings. The van der Waals surface area contributed by atoms with Crippen LogP contribution in [0.15, 0.2) is 47.8 Å². The van der Waals surface area contributed by atoms with E-state index < -0.39 is 0 Å². The number of anilines is 1. The van der Waals surface area contributed by atoms with Gasteiger partial charge in [0, 0.05) is 61.5 Å². The monoisotopic (exact) mass is 492 g/mol. The molecule has 6 nitrogen and oxygen atoms in total. The number of benzene rings is 2. The lowest BCUT2D eigenvalue weighted by Crippen LogP contribution is -2.51. The summed E-state index contributed by atoms with van der Waals surface area (Å²) in [5.74, 6) is -0.373. The minimum atomic E-state index is -0.295. The van der Waals surface area contributed by atoms with E-state index >= 15 is 0 Å². The van der Waals surface area contributed by atoms with Crippen LogP contribution < -0.4 is 10.2 Å². The number of amides is 2. The van der Waals surface area contributed by atoms with Crippen molar-refractivity contribution in [3.8, 4) is 0 Å². The van der Waals surface area contributed by atoms with Crippen LogP contribution in [0.5, 0.6) is 0 Å². The van der Waals surface area contributed by atoms with Gasteiger partial charge in [-0.3, -0.25) is 24.7 Å². The molecule has 0 saturated carbocycles. The number of fused-ring (bicyclic) bond motifs is 2. The Morgan fingerprint density at radius 1 is 1.06 bits per heavy atom. The first-order valence-corrected chi connectivity index (χ1v) is 13.3. The highest BCUT2D eigenvalue weighted by Crippen LogP contribution is 2.39. The third kappa shape index (κ3) is 4.02. The van der Waals surface area contributed by atoms with Crippen LogP contribution in [-0.4, -0.2) is 53.8 Å². The van der Waals surface area contributed by atoms with Crippen LogP contribution in [0.2, 0.25) is 0 Å². The van der Waals surface area contributed by atoms with Crippen LogP contribution in [0.25, 0.3) is 10.1 Å². The summed E-state index contributed by atoms with van der Waals surface area (Å²) in [7, 11) is 0. The summed E-state index contributed by atoms with van der Waals surface area (Å²) in [5.41, 5.74) is 5.07. The number of piperazine rings is 1. The van der Waals surface area contributed by atoms with E-state index in [0.29, 0.717) is 19.4 Å². The van der Waals surface area contributed by atoms with Crippen LogP contribution in [0.3, 0.4) is 0 Å². The Hall–Kier alpha value is -2.39. The number of thiol groups is 1. The number of nitrogens with one attached hydrogen (secondary N) is 1. The van der Waals surface area contributed by atoms with Crippen molar-refractivity contribution in [2.75, 3.05) is 31.1 Å². The van der Waals surface area contributed by atoms with Gasteiger partial charge in [0.05, 0.1) is 11.4 Å². The van der Waals surface area contributed by atoms with Gasteiger partial charge in [0.15, 0.2) is 0 Å². The third-order valence-electron chi connectivity index (χ3n) is 7.36. The summed E-state index contributed by atoms with van der Waals surface area (Å²) < 4.78 is 1.35. The van der Waals surface area contributed by atoms with E-state index in [2.05, 4.69) is 67.9 Å². The topological polar surface area (TPSA) is 55.9 Å². The Labute approximate surface area is 208 Å². The van der Waals surface area contributed by atoms with E-state index in [4.69, 9.17) is 12.6 Å². The Bertz CT molecular complexity index is 1250. The van der Waals surface area contributed by atoms with Crippen molar-refractivity contribution >= 4 is 51.6 Å².